The predicted octanol–water partition coefficient (Wildman–Crippen LogP) is 5.00. The van der Waals surface area contributed by atoms with Gasteiger partial charge in [-0.05, 0) is 29.8 Å². The molecule has 0 atom stereocenters. The van der Waals surface area contributed by atoms with Crippen molar-refractivity contribution in [3.63, 3.8) is 0 Å². The van der Waals surface area contributed by atoms with Crippen LogP contribution in [-0.4, -0.2) is 27.8 Å². The topological polar surface area (TPSA) is 76.4 Å². The van der Waals surface area contributed by atoms with Crippen LogP contribution >= 0.6 is 0 Å². The Morgan fingerprint density at radius 1 is 0.758 bits per heavy atom. The summed E-state index contributed by atoms with van der Waals surface area (Å²) in [5.74, 6) is 1.89. The minimum atomic E-state index is -0.236. The van der Waals surface area contributed by atoms with Crippen molar-refractivity contribution in [1.29, 1.82) is 0 Å². The molecule has 3 aromatic carbocycles. The van der Waals surface area contributed by atoms with Gasteiger partial charge < -0.3 is 28.1 Å². The third-order valence-corrected chi connectivity index (χ3v) is 4.83. The Morgan fingerprint density at radius 3 is 2.21 bits per heavy atom. The summed E-state index contributed by atoms with van der Waals surface area (Å²) < 4.78 is 32.9. The second-order valence-electron chi connectivity index (χ2n) is 7.17. The van der Waals surface area contributed by atoms with Crippen molar-refractivity contribution in [1.82, 2.24) is 0 Å². The van der Waals surface area contributed by atoms with Gasteiger partial charge in [0.05, 0.1) is 0 Å². The number of ether oxygens (including phenoxy) is 5. The Kier molecular flexibility index (Phi) is 7.24. The Hall–Kier alpha value is -3.81. The molecule has 0 radical (unpaired) electrons. The van der Waals surface area contributed by atoms with Gasteiger partial charge in [-0.1, -0.05) is 30.3 Å². The summed E-state index contributed by atoms with van der Waals surface area (Å²) in [6.45, 7) is 0.498. The molecule has 170 valence electrons. The second-order valence-corrected chi connectivity index (χ2v) is 7.17. The summed E-state index contributed by atoms with van der Waals surface area (Å²) >= 11 is 0. The second kappa shape index (κ2) is 10.7. The van der Waals surface area contributed by atoms with Gasteiger partial charge in [-0.15, -0.1) is 0 Å². The maximum Gasteiger partial charge on any atom is 0.197 e. The normalized spacial score (nSPS) is 10.8. The van der Waals surface area contributed by atoms with E-state index in [2.05, 4.69) is 0 Å². The zero-order valence-corrected chi connectivity index (χ0v) is 18.4. The molecule has 4 aromatic rings. The quantitative estimate of drug-likeness (QED) is 0.316. The van der Waals surface area contributed by atoms with Crippen molar-refractivity contribution in [3.8, 4) is 28.6 Å². The summed E-state index contributed by atoms with van der Waals surface area (Å²) in [4.78, 5) is 12.9. The SMILES string of the molecule is COCOc1cc(OCOC)c2c(=O)cc(-c3ccc(OCc4ccccc4)cc3)oc2c1. The molecule has 0 aliphatic rings. The fourth-order valence-electron chi connectivity index (χ4n) is 3.27. The molecule has 0 N–H and O–H groups in total. The molecule has 0 saturated carbocycles. The van der Waals surface area contributed by atoms with Crippen LogP contribution in [0.15, 0.2) is 82.0 Å². The van der Waals surface area contributed by atoms with Crippen LogP contribution in [-0.2, 0) is 16.1 Å². The molecule has 0 spiro atoms. The molecule has 4 rings (SSSR count). The largest absolute Gasteiger partial charge is 0.489 e. The molecule has 0 amide bonds. The van der Waals surface area contributed by atoms with Crippen LogP contribution in [0.1, 0.15) is 5.56 Å². The third kappa shape index (κ3) is 5.52. The third-order valence-electron chi connectivity index (χ3n) is 4.83. The Bertz CT molecular complexity index is 1250. The maximum atomic E-state index is 12.9. The first kappa shape index (κ1) is 22.4. The Labute approximate surface area is 191 Å². The van der Waals surface area contributed by atoms with Crippen molar-refractivity contribution in [3.05, 3.63) is 88.6 Å². The van der Waals surface area contributed by atoms with Crippen LogP contribution in [0.3, 0.4) is 0 Å². The van der Waals surface area contributed by atoms with Gasteiger partial charge in [0.25, 0.3) is 0 Å². The first-order valence-electron chi connectivity index (χ1n) is 10.3. The molecule has 33 heavy (non-hydrogen) atoms. The molecule has 0 bridgehead atoms. The van der Waals surface area contributed by atoms with Gasteiger partial charge in [-0.2, -0.15) is 0 Å². The number of methoxy groups -OCH3 is 2. The van der Waals surface area contributed by atoms with E-state index >= 15 is 0 Å². The number of hydrogen-bond donors (Lipinski definition) is 0. The van der Waals surface area contributed by atoms with E-state index in [-0.39, 0.29) is 19.0 Å². The lowest BCUT2D eigenvalue weighted by atomic mass is 10.1. The van der Waals surface area contributed by atoms with E-state index in [1.807, 2.05) is 54.6 Å². The fourth-order valence-corrected chi connectivity index (χ4v) is 3.27. The lowest BCUT2D eigenvalue weighted by molar-refractivity contribution is 0.0467. The maximum absolute atomic E-state index is 12.9. The van der Waals surface area contributed by atoms with E-state index < -0.39 is 0 Å². The van der Waals surface area contributed by atoms with Gasteiger partial charge in [0.1, 0.15) is 40.6 Å². The smallest absolute Gasteiger partial charge is 0.197 e. The van der Waals surface area contributed by atoms with E-state index in [1.54, 1.807) is 12.1 Å². The minimum Gasteiger partial charge on any atom is -0.489 e. The van der Waals surface area contributed by atoms with Gasteiger partial charge in [-0.25, -0.2) is 0 Å². The van der Waals surface area contributed by atoms with Crippen molar-refractivity contribution in [2.75, 3.05) is 27.8 Å². The van der Waals surface area contributed by atoms with Crippen molar-refractivity contribution < 1.29 is 28.1 Å². The molecule has 0 saturated heterocycles. The summed E-state index contributed by atoms with van der Waals surface area (Å²) in [5, 5.41) is 0.309. The number of fused-ring (bicyclic) bond motifs is 1. The van der Waals surface area contributed by atoms with Crippen molar-refractivity contribution in [2.45, 2.75) is 6.61 Å². The number of rotatable bonds is 10. The number of benzene rings is 3. The first-order chi connectivity index (χ1) is 16.2. The zero-order valence-electron chi connectivity index (χ0n) is 18.4. The van der Waals surface area contributed by atoms with Crippen LogP contribution < -0.4 is 19.6 Å². The van der Waals surface area contributed by atoms with Gasteiger partial charge >= 0.3 is 0 Å². The molecule has 0 aliphatic heterocycles. The van der Waals surface area contributed by atoms with Gasteiger partial charge in [0.2, 0.25) is 0 Å². The molecular weight excluding hydrogens is 424 g/mol. The highest BCUT2D eigenvalue weighted by molar-refractivity contribution is 5.86. The number of hydrogen-bond acceptors (Lipinski definition) is 7. The fraction of sp³-hybridized carbons (Fsp3) is 0.192. The summed E-state index contributed by atoms with van der Waals surface area (Å²) in [7, 11) is 3.02. The van der Waals surface area contributed by atoms with E-state index in [1.165, 1.54) is 20.3 Å². The lowest BCUT2D eigenvalue weighted by Crippen LogP contribution is -2.07. The van der Waals surface area contributed by atoms with Crippen molar-refractivity contribution in [2.24, 2.45) is 0 Å². The lowest BCUT2D eigenvalue weighted by Gasteiger charge is -2.12. The van der Waals surface area contributed by atoms with Crippen LogP contribution in [0.4, 0.5) is 0 Å². The Morgan fingerprint density at radius 2 is 1.48 bits per heavy atom. The van der Waals surface area contributed by atoms with Crippen LogP contribution in [0.25, 0.3) is 22.3 Å². The monoisotopic (exact) mass is 448 g/mol. The molecular formula is C26H24O7. The highest BCUT2D eigenvalue weighted by atomic mass is 16.7. The molecule has 0 fully saturated rings. The summed E-state index contributed by atoms with van der Waals surface area (Å²) in [5.41, 5.74) is 1.92. The minimum absolute atomic E-state index is 0.0194. The van der Waals surface area contributed by atoms with E-state index in [4.69, 9.17) is 28.1 Å². The zero-order chi connectivity index (χ0) is 23.0. The average molecular weight is 448 g/mol. The molecule has 1 aromatic heterocycles. The summed E-state index contributed by atoms with van der Waals surface area (Å²) in [6.07, 6.45) is 0. The molecule has 1 heterocycles. The summed E-state index contributed by atoms with van der Waals surface area (Å²) in [6, 6.07) is 22.0. The van der Waals surface area contributed by atoms with Crippen molar-refractivity contribution >= 4 is 11.0 Å². The molecule has 7 heteroatoms. The highest BCUT2D eigenvalue weighted by Crippen LogP contribution is 2.32. The van der Waals surface area contributed by atoms with E-state index in [0.717, 1.165) is 16.9 Å². The van der Waals surface area contributed by atoms with Gasteiger partial charge in [0, 0.05) is 38.0 Å². The Balaban J connectivity index is 1.62. The molecule has 7 nitrogen and oxygen atoms in total. The highest BCUT2D eigenvalue weighted by Gasteiger charge is 2.15. The van der Waals surface area contributed by atoms with Gasteiger partial charge in [0.15, 0.2) is 19.0 Å². The average Bonchev–Trinajstić information content (AvgIpc) is 2.85. The van der Waals surface area contributed by atoms with Gasteiger partial charge in [-0.3, -0.25) is 4.79 Å². The predicted molar refractivity (Wildman–Crippen MR) is 124 cm³/mol. The molecule has 0 aliphatic carbocycles. The van der Waals surface area contributed by atoms with E-state index in [0.29, 0.717) is 34.8 Å². The standard InChI is InChI=1S/C26H24O7/c1-28-16-31-21-12-24(32-17-29-2)26-22(27)14-23(33-25(26)13-21)19-8-10-20(11-9-19)30-15-18-6-4-3-5-7-18/h3-14H,15-17H2,1-2H3. The molecule has 0 unspecified atom stereocenters. The van der Waals surface area contributed by atoms with Crippen LogP contribution in [0.2, 0.25) is 0 Å². The van der Waals surface area contributed by atoms with E-state index in [9.17, 15) is 4.79 Å². The first-order valence-corrected chi connectivity index (χ1v) is 10.3. The van der Waals surface area contributed by atoms with Crippen LogP contribution in [0, 0.1) is 0 Å². The van der Waals surface area contributed by atoms with Crippen LogP contribution in [0.5, 0.6) is 17.2 Å².